The molecule has 10 aromatic carbocycles. The maximum atomic E-state index is 6.78. The van der Waals surface area contributed by atoms with Gasteiger partial charge in [-0.2, -0.15) is 0 Å². The molecule has 0 radical (unpaired) electrons. The van der Waals surface area contributed by atoms with Crippen LogP contribution >= 0.6 is 0 Å². The van der Waals surface area contributed by atoms with E-state index in [0.29, 0.717) is 0 Å². The normalized spacial score (nSPS) is 11.6. The molecule has 0 aliphatic rings. The van der Waals surface area contributed by atoms with Crippen LogP contribution in [0.5, 0.6) is 0 Å². The van der Waals surface area contributed by atoms with Gasteiger partial charge in [-0.15, -0.1) is 0 Å². The fraction of sp³-hybridized carbons (Fsp3) is 0. The molecule has 0 fully saturated rings. The summed E-state index contributed by atoms with van der Waals surface area (Å²) in [4.78, 5) is 2.33. The van der Waals surface area contributed by atoms with Gasteiger partial charge < -0.3 is 9.32 Å². The Labute approximate surface area is 325 Å². The Balaban J connectivity index is 1.04. The maximum Gasteiger partial charge on any atom is 0.159 e. The number of hydrogen-bond acceptors (Lipinski definition) is 2. The van der Waals surface area contributed by atoms with Crippen molar-refractivity contribution in [3.63, 3.8) is 0 Å². The first-order valence-electron chi connectivity index (χ1n) is 19.2. The van der Waals surface area contributed by atoms with Gasteiger partial charge in [-0.1, -0.05) is 170 Å². The predicted octanol–water partition coefficient (Wildman–Crippen LogP) is 15.5. The summed E-state index contributed by atoms with van der Waals surface area (Å²) in [5.74, 6) is 0. The highest BCUT2D eigenvalue weighted by atomic mass is 16.3. The van der Waals surface area contributed by atoms with Gasteiger partial charge in [-0.05, 0) is 108 Å². The fourth-order valence-electron chi connectivity index (χ4n) is 8.54. The van der Waals surface area contributed by atoms with Gasteiger partial charge in [0.05, 0.1) is 5.69 Å². The van der Waals surface area contributed by atoms with E-state index in [0.717, 1.165) is 39.0 Å². The third kappa shape index (κ3) is 5.34. The molecule has 0 aliphatic carbocycles. The van der Waals surface area contributed by atoms with Crippen LogP contribution in [0.4, 0.5) is 17.1 Å². The monoisotopic (exact) mass is 713 g/mol. The lowest BCUT2D eigenvalue weighted by Gasteiger charge is -2.26. The van der Waals surface area contributed by atoms with Crippen molar-refractivity contribution in [2.45, 2.75) is 0 Å². The van der Waals surface area contributed by atoms with Gasteiger partial charge in [0.15, 0.2) is 5.58 Å². The summed E-state index contributed by atoms with van der Waals surface area (Å²) >= 11 is 0. The second-order valence-corrected chi connectivity index (χ2v) is 14.5. The molecule has 0 saturated carbocycles. The highest BCUT2D eigenvalue weighted by Crippen LogP contribution is 2.45. The van der Waals surface area contributed by atoms with E-state index in [4.69, 9.17) is 4.42 Å². The van der Waals surface area contributed by atoms with Crippen LogP contribution in [0.3, 0.4) is 0 Å². The highest BCUT2D eigenvalue weighted by molar-refractivity contribution is 6.21. The zero-order chi connectivity index (χ0) is 37.0. The summed E-state index contributed by atoms with van der Waals surface area (Å²) in [7, 11) is 0. The molecule has 0 bridgehead atoms. The third-order valence-corrected chi connectivity index (χ3v) is 11.3. The zero-order valence-corrected chi connectivity index (χ0v) is 30.6. The summed E-state index contributed by atoms with van der Waals surface area (Å²) in [5.41, 5.74) is 12.1. The lowest BCUT2D eigenvalue weighted by atomic mass is 9.91. The van der Waals surface area contributed by atoms with Crippen LogP contribution < -0.4 is 4.90 Å². The molecule has 0 spiro atoms. The Bertz CT molecular complexity index is 3230. The minimum absolute atomic E-state index is 0.866. The minimum atomic E-state index is 0.866. The third-order valence-electron chi connectivity index (χ3n) is 11.3. The van der Waals surface area contributed by atoms with E-state index in [-0.39, 0.29) is 0 Å². The van der Waals surface area contributed by atoms with Crippen molar-refractivity contribution < 1.29 is 4.42 Å². The topological polar surface area (TPSA) is 16.4 Å². The van der Waals surface area contributed by atoms with Crippen molar-refractivity contribution in [1.29, 1.82) is 0 Å². The summed E-state index contributed by atoms with van der Waals surface area (Å²) < 4.78 is 6.78. The first kappa shape index (κ1) is 32.0. The average Bonchev–Trinajstić information content (AvgIpc) is 3.67. The van der Waals surface area contributed by atoms with E-state index in [2.05, 4.69) is 217 Å². The van der Waals surface area contributed by atoms with Crippen LogP contribution in [-0.4, -0.2) is 0 Å². The van der Waals surface area contributed by atoms with Crippen LogP contribution in [0.1, 0.15) is 0 Å². The Hall–Kier alpha value is -7.42. The highest BCUT2D eigenvalue weighted by Gasteiger charge is 2.21. The van der Waals surface area contributed by atoms with E-state index in [1.54, 1.807) is 0 Å². The van der Waals surface area contributed by atoms with E-state index in [1.807, 2.05) is 0 Å². The summed E-state index contributed by atoms with van der Waals surface area (Å²) in [6.45, 7) is 0. The maximum absolute atomic E-state index is 6.78. The number of hydrogen-bond donors (Lipinski definition) is 0. The number of nitrogens with zero attached hydrogens (tertiary/aromatic N) is 1. The fourth-order valence-corrected chi connectivity index (χ4v) is 8.54. The minimum Gasteiger partial charge on any atom is -0.454 e. The molecule has 0 unspecified atom stereocenters. The second-order valence-electron chi connectivity index (χ2n) is 14.5. The molecule has 2 nitrogen and oxygen atoms in total. The number of furan rings is 1. The smallest absolute Gasteiger partial charge is 0.159 e. The molecule has 1 heterocycles. The first-order chi connectivity index (χ1) is 27.8. The number of fused-ring (bicyclic) bond motifs is 7. The van der Waals surface area contributed by atoms with Gasteiger partial charge in [-0.3, -0.25) is 0 Å². The molecule has 0 aliphatic heterocycles. The molecule has 11 rings (SSSR count). The molecule has 0 saturated heterocycles. The van der Waals surface area contributed by atoms with Gasteiger partial charge in [0.25, 0.3) is 0 Å². The molecule has 2 heteroatoms. The molecular formula is C54H35NO. The first-order valence-corrected chi connectivity index (χ1v) is 19.2. The van der Waals surface area contributed by atoms with Crippen LogP contribution in [0.25, 0.3) is 87.6 Å². The van der Waals surface area contributed by atoms with Gasteiger partial charge in [0.2, 0.25) is 0 Å². The van der Waals surface area contributed by atoms with Crippen molar-refractivity contribution in [1.82, 2.24) is 0 Å². The number of para-hydroxylation sites is 1. The molecular weight excluding hydrogens is 679 g/mol. The molecule has 0 N–H and O–H groups in total. The van der Waals surface area contributed by atoms with Gasteiger partial charge >= 0.3 is 0 Å². The van der Waals surface area contributed by atoms with E-state index < -0.39 is 0 Å². The lowest BCUT2D eigenvalue weighted by molar-refractivity contribution is 0.669. The van der Waals surface area contributed by atoms with Crippen molar-refractivity contribution >= 4 is 71.3 Å². The Morgan fingerprint density at radius 1 is 0.321 bits per heavy atom. The second kappa shape index (κ2) is 13.2. The number of anilines is 3. The van der Waals surface area contributed by atoms with Crippen LogP contribution in [-0.2, 0) is 0 Å². The molecule has 0 atom stereocenters. The van der Waals surface area contributed by atoms with Crippen molar-refractivity contribution in [2.24, 2.45) is 0 Å². The Morgan fingerprint density at radius 3 is 1.59 bits per heavy atom. The van der Waals surface area contributed by atoms with Crippen molar-refractivity contribution in [3.8, 4) is 33.4 Å². The van der Waals surface area contributed by atoms with Crippen molar-refractivity contribution in [2.75, 3.05) is 4.90 Å². The lowest BCUT2D eigenvalue weighted by Crippen LogP contribution is -2.10. The van der Waals surface area contributed by atoms with E-state index in [1.165, 1.54) is 65.7 Å². The SMILES string of the molecule is c1ccc(-c2ccc(N(c3ccc(-c4ccc(-c5ccc6ccccc6c5)c5ccccc45)cc3)c3cccc4c3oc3ccc5ccccc5c34)cc2)cc1. The number of benzene rings is 10. The molecule has 262 valence electrons. The Morgan fingerprint density at radius 2 is 0.857 bits per heavy atom. The van der Waals surface area contributed by atoms with E-state index in [9.17, 15) is 0 Å². The quantitative estimate of drug-likeness (QED) is 0.171. The van der Waals surface area contributed by atoms with Crippen LogP contribution in [0, 0.1) is 0 Å². The number of rotatable bonds is 6. The van der Waals surface area contributed by atoms with E-state index >= 15 is 0 Å². The van der Waals surface area contributed by atoms with Crippen molar-refractivity contribution in [3.05, 3.63) is 212 Å². The summed E-state index contributed by atoms with van der Waals surface area (Å²) in [6.07, 6.45) is 0. The van der Waals surface area contributed by atoms with Crippen LogP contribution in [0.15, 0.2) is 217 Å². The largest absolute Gasteiger partial charge is 0.454 e. The standard InChI is InChI=1S/C54H35NO/c1-2-11-36(12-3-1)38-23-28-43(29-24-38)55(51-20-10-19-50-53-47-16-7-6-14-39(47)27-34-52(53)56-54(50)51)44-30-25-40(26-31-44)45-32-33-46(49-18-9-8-17-48(45)49)42-22-21-37-13-4-5-15-41(37)35-42/h1-35H. The van der Waals surface area contributed by atoms with Gasteiger partial charge in [-0.25, -0.2) is 0 Å². The Kier molecular flexibility index (Phi) is 7.53. The summed E-state index contributed by atoms with van der Waals surface area (Å²) in [6, 6.07) is 76.4. The molecule has 1 aromatic heterocycles. The molecule has 0 amide bonds. The molecule has 11 aromatic rings. The summed E-state index contributed by atoms with van der Waals surface area (Å²) in [5, 5.41) is 9.64. The van der Waals surface area contributed by atoms with Gasteiger partial charge in [0.1, 0.15) is 5.58 Å². The predicted molar refractivity (Wildman–Crippen MR) is 237 cm³/mol. The molecule has 56 heavy (non-hydrogen) atoms. The zero-order valence-electron chi connectivity index (χ0n) is 30.6. The van der Waals surface area contributed by atoms with Crippen LogP contribution in [0.2, 0.25) is 0 Å². The average molecular weight is 714 g/mol. The van der Waals surface area contributed by atoms with Gasteiger partial charge in [0, 0.05) is 22.1 Å².